The lowest BCUT2D eigenvalue weighted by Gasteiger charge is -2.36. The first-order valence-electron chi connectivity index (χ1n) is 6.59. The number of β-amino-alcohol motifs (C(OH)–C–C–N with tert-alkyl or cyclic N) is 1. The van der Waals surface area contributed by atoms with E-state index in [2.05, 4.69) is 9.80 Å². The van der Waals surface area contributed by atoms with Crippen LogP contribution in [0.15, 0.2) is 24.3 Å². The van der Waals surface area contributed by atoms with Crippen LogP contribution >= 0.6 is 0 Å². The lowest BCUT2D eigenvalue weighted by atomic mass is 10.2. The van der Waals surface area contributed by atoms with E-state index < -0.39 is 6.10 Å². The van der Waals surface area contributed by atoms with Crippen LogP contribution in [-0.4, -0.2) is 62.6 Å². The summed E-state index contributed by atoms with van der Waals surface area (Å²) in [4.78, 5) is 4.23. The minimum Gasteiger partial charge on any atom is -0.389 e. The van der Waals surface area contributed by atoms with Gasteiger partial charge in [0.05, 0.1) is 18.4 Å². The number of hydrogen-bond donors (Lipinski definition) is 1. The number of anilines is 1. The van der Waals surface area contributed by atoms with E-state index in [-0.39, 0.29) is 5.82 Å². The number of ether oxygens (including phenoxy) is 1. The Kier molecular flexibility index (Phi) is 5.13. The van der Waals surface area contributed by atoms with Crippen LogP contribution in [-0.2, 0) is 4.74 Å². The van der Waals surface area contributed by atoms with Crippen molar-refractivity contribution in [2.24, 2.45) is 0 Å². The second kappa shape index (κ2) is 6.84. The molecule has 1 aliphatic heterocycles. The average Bonchev–Trinajstić information content (AvgIpc) is 2.41. The molecule has 1 saturated heterocycles. The SMILES string of the molecule is COCC(O)CN1CCN(c2ccccc2F)CC1. The van der Waals surface area contributed by atoms with E-state index in [0.29, 0.717) is 18.8 Å². The molecular formula is C14H21FN2O2. The van der Waals surface area contributed by atoms with E-state index in [0.717, 1.165) is 26.2 Å². The lowest BCUT2D eigenvalue weighted by Crippen LogP contribution is -2.49. The molecule has 106 valence electrons. The van der Waals surface area contributed by atoms with Crippen LogP contribution in [0.25, 0.3) is 0 Å². The van der Waals surface area contributed by atoms with Gasteiger partial charge in [0.25, 0.3) is 0 Å². The molecule has 4 nitrogen and oxygen atoms in total. The number of hydrogen-bond acceptors (Lipinski definition) is 4. The van der Waals surface area contributed by atoms with Crippen LogP contribution in [0.5, 0.6) is 0 Å². The largest absolute Gasteiger partial charge is 0.389 e. The average molecular weight is 268 g/mol. The number of halogens is 1. The second-order valence-electron chi connectivity index (χ2n) is 4.85. The fourth-order valence-corrected chi connectivity index (χ4v) is 2.42. The quantitative estimate of drug-likeness (QED) is 0.863. The Bertz CT molecular complexity index is 395. The highest BCUT2D eigenvalue weighted by Gasteiger charge is 2.20. The van der Waals surface area contributed by atoms with Gasteiger partial charge in [-0.05, 0) is 12.1 Å². The number of aliphatic hydroxyl groups excluding tert-OH is 1. The molecule has 19 heavy (non-hydrogen) atoms. The number of methoxy groups -OCH3 is 1. The third-order valence-electron chi connectivity index (χ3n) is 3.39. The minimum absolute atomic E-state index is 0.171. The monoisotopic (exact) mass is 268 g/mol. The van der Waals surface area contributed by atoms with Crippen LogP contribution in [0.4, 0.5) is 10.1 Å². The van der Waals surface area contributed by atoms with Crippen LogP contribution in [0, 0.1) is 5.82 Å². The molecular weight excluding hydrogens is 247 g/mol. The molecule has 1 aliphatic rings. The van der Waals surface area contributed by atoms with Crippen molar-refractivity contribution >= 4 is 5.69 Å². The highest BCUT2D eigenvalue weighted by atomic mass is 19.1. The van der Waals surface area contributed by atoms with E-state index in [1.807, 2.05) is 12.1 Å². The van der Waals surface area contributed by atoms with Crippen molar-refractivity contribution in [3.05, 3.63) is 30.1 Å². The Morgan fingerprint density at radius 2 is 1.95 bits per heavy atom. The molecule has 0 amide bonds. The molecule has 5 heteroatoms. The highest BCUT2D eigenvalue weighted by Crippen LogP contribution is 2.20. The maximum atomic E-state index is 13.7. The third-order valence-corrected chi connectivity index (χ3v) is 3.39. The van der Waals surface area contributed by atoms with Crippen LogP contribution in [0.1, 0.15) is 0 Å². The van der Waals surface area contributed by atoms with Gasteiger partial charge in [-0.2, -0.15) is 0 Å². The molecule has 0 saturated carbocycles. The Labute approximate surface area is 113 Å². The number of aliphatic hydroxyl groups is 1. The molecule has 1 atom stereocenters. The summed E-state index contributed by atoms with van der Waals surface area (Å²) >= 11 is 0. The molecule has 0 spiro atoms. The van der Waals surface area contributed by atoms with Gasteiger partial charge in [-0.3, -0.25) is 4.90 Å². The van der Waals surface area contributed by atoms with Gasteiger partial charge < -0.3 is 14.7 Å². The number of rotatable bonds is 5. The predicted molar refractivity (Wildman–Crippen MR) is 72.9 cm³/mol. The van der Waals surface area contributed by atoms with E-state index in [4.69, 9.17) is 4.74 Å². The molecule has 1 aromatic rings. The molecule has 0 radical (unpaired) electrons. The van der Waals surface area contributed by atoms with Gasteiger partial charge in [0, 0.05) is 39.8 Å². The third kappa shape index (κ3) is 3.89. The van der Waals surface area contributed by atoms with Crippen molar-refractivity contribution < 1.29 is 14.2 Å². The van der Waals surface area contributed by atoms with Crippen LogP contribution in [0.2, 0.25) is 0 Å². The fourth-order valence-electron chi connectivity index (χ4n) is 2.42. The summed E-state index contributed by atoms with van der Waals surface area (Å²) in [5.74, 6) is -0.171. The van der Waals surface area contributed by atoms with Gasteiger partial charge >= 0.3 is 0 Å². The van der Waals surface area contributed by atoms with Gasteiger partial charge in [0.2, 0.25) is 0 Å². The molecule has 1 heterocycles. The molecule has 0 aromatic heterocycles. The number of benzene rings is 1. The van der Waals surface area contributed by atoms with Crippen molar-refractivity contribution in [1.29, 1.82) is 0 Å². The highest BCUT2D eigenvalue weighted by molar-refractivity contribution is 5.47. The minimum atomic E-state index is -0.454. The van der Waals surface area contributed by atoms with E-state index >= 15 is 0 Å². The van der Waals surface area contributed by atoms with Crippen molar-refractivity contribution in [1.82, 2.24) is 4.90 Å². The van der Waals surface area contributed by atoms with E-state index in [1.165, 1.54) is 6.07 Å². The fraction of sp³-hybridized carbons (Fsp3) is 0.571. The lowest BCUT2D eigenvalue weighted by molar-refractivity contribution is 0.0365. The van der Waals surface area contributed by atoms with Crippen molar-refractivity contribution in [2.45, 2.75) is 6.10 Å². The van der Waals surface area contributed by atoms with E-state index in [9.17, 15) is 9.50 Å². The normalized spacial score (nSPS) is 18.6. The Hall–Kier alpha value is -1.17. The van der Waals surface area contributed by atoms with Crippen LogP contribution in [0.3, 0.4) is 0 Å². The molecule has 1 aromatic carbocycles. The molecule has 0 aliphatic carbocycles. The number of para-hydroxylation sites is 1. The van der Waals surface area contributed by atoms with Gasteiger partial charge in [-0.1, -0.05) is 12.1 Å². The van der Waals surface area contributed by atoms with Gasteiger partial charge in [0.1, 0.15) is 5.82 Å². The summed E-state index contributed by atoms with van der Waals surface area (Å²) in [5, 5.41) is 9.69. The molecule has 1 N–H and O–H groups in total. The van der Waals surface area contributed by atoms with Gasteiger partial charge in [0.15, 0.2) is 0 Å². The summed E-state index contributed by atoms with van der Waals surface area (Å²) in [7, 11) is 1.58. The molecule has 1 fully saturated rings. The molecule has 0 bridgehead atoms. The second-order valence-corrected chi connectivity index (χ2v) is 4.85. The van der Waals surface area contributed by atoms with Gasteiger partial charge in [-0.25, -0.2) is 4.39 Å². The Morgan fingerprint density at radius 1 is 1.26 bits per heavy atom. The Balaban J connectivity index is 1.84. The van der Waals surface area contributed by atoms with Crippen LogP contribution < -0.4 is 4.90 Å². The first kappa shape index (κ1) is 14.2. The summed E-state index contributed by atoms with van der Waals surface area (Å²) in [6.07, 6.45) is -0.454. The van der Waals surface area contributed by atoms with Gasteiger partial charge in [-0.15, -0.1) is 0 Å². The number of nitrogens with zero attached hydrogens (tertiary/aromatic N) is 2. The van der Waals surface area contributed by atoms with Crippen molar-refractivity contribution in [3.8, 4) is 0 Å². The summed E-state index contributed by atoms with van der Waals surface area (Å²) in [6.45, 7) is 4.18. The maximum absolute atomic E-state index is 13.7. The van der Waals surface area contributed by atoms with Crippen molar-refractivity contribution in [3.63, 3.8) is 0 Å². The predicted octanol–water partition coefficient (Wildman–Crippen LogP) is 0.955. The molecule has 1 unspecified atom stereocenters. The first-order valence-corrected chi connectivity index (χ1v) is 6.59. The summed E-state index contributed by atoms with van der Waals surface area (Å²) < 4.78 is 18.6. The summed E-state index contributed by atoms with van der Waals surface area (Å²) in [6, 6.07) is 6.86. The first-order chi connectivity index (χ1) is 9.20. The van der Waals surface area contributed by atoms with E-state index in [1.54, 1.807) is 13.2 Å². The zero-order chi connectivity index (χ0) is 13.7. The molecule has 2 rings (SSSR count). The maximum Gasteiger partial charge on any atom is 0.146 e. The zero-order valence-electron chi connectivity index (χ0n) is 11.3. The smallest absolute Gasteiger partial charge is 0.146 e. The van der Waals surface area contributed by atoms with Crippen molar-refractivity contribution in [2.75, 3.05) is 51.3 Å². The summed E-state index contributed by atoms with van der Waals surface area (Å²) in [5.41, 5.74) is 0.666. The zero-order valence-corrected chi connectivity index (χ0v) is 11.3. The number of piperazine rings is 1. The standard InChI is InChI=1S/C14H21FN2O2/c1-19-11-12(18)10-16-6-8-17(9-7-16)14-5-3-2-4-13(14)15/h2-5,12,18H,6-11H2,1H3. The topological polar surface area (TPSA) is 35.9 Å². The Morgan fingerprint density at radius 3 is 2.58 bits per heavy atom.